The summed E-state index contributed by atoms with van der Waals surface area (Å²) < 4.78 is 6.72. The number of hydrogen-bond donors (Lipinski definition) is 0. The molecule has 38 heavy (non-hydrogen) atoms. The fourth-order valence-corrected chi connectivity index (χ4v) is 6.57. The van der Waals surface area contributed by atoms with Gasteiger partial charge < -0.3 is 9.22 Å². The molecule has 3 heteroatoms. The van der Waals surface area contributed by atoms with E-state index in [2.05, 4.69) is 135 Å². The second kappa shape index (κ2) is 12.0. The zero-order chi connectivity index (χ0) is 26.3. The van der Waals surface area contributed by atoms with Crippen LogP contribution < -0.4 is 21.9 Å². The second-order valence-electron chi connectivity index (χ2n) is 11.1. The summed E-state index contributed by atoms with van der Waals surface area (Å²) in [4.78, 5) is 0. The van der Waals surface area contributed by atoms with Gasteiger partial charge in [0.2, 0.25) is 0 Å². The molecule has 0 saturated carbocycles. The zero-order valence-corrected chi connectivity index (χ0v) is 22.9. The molecule has 2 heterocycles. The summed E-state index contributed by atoms with van der Waals surface area (Å²) in [5.74, 6) is 0. The molecule has 1 fully saturated rings. The van der Waals surface area contributed by atoms with E-state index in [-0.39, 0.29) is 0 Å². The number of quaternary nitrogens is 1. The Kier molecular flexibility index (Phi) is 8.27. The van der Waals surface area contributed by atoms with E-state index in [1.807, 2.05) is 0 Å². The van der Waals surface area contributed by atoms with Crippen molar-refractivity contribution >= 4 is 28.0 Å². The number of nitrogens with zero attached hydrogens (tertiary/aromatic N) is 1. The van der Waals surface area contributed by atoms with Gasteiger partial charge in [0, 0.05) is 6.42 Å². The third-order valence-corrected chi connectivity index (χ3v) is 8.88. The van der Waals surface area contributed by atoms with Gasteiger partial charge in [-0.25, -0.2) is 0 Å². The molecule has 0 radical (unpaired) electrons. The standard InChI is InChI=1S/C24H20B.C11H20NO/c1-5-13-21(14-6-1)25(22-15-7-2-8-16-22,23-17-9-3-10-18-23)24-19-11-4-12-20-24;1-10-3-4-12(9-11(10)2)5-7-13-8-6-12/h1-20H;3-9H2,1-2H3/q-1;+1. The van der Waals surface area contributed by atoms with Crippen molar-refractivity contribution in [1.82, 2.24) is 0 Å². The topological polar surface area (TPSA) is 9.23 Å². The number of ether oxygens (including phenoxy) is 1. The van der Waals surface area contributed by atoms with Crippen LogP contribution in [-0.4, -0.2) is 50.0 Å². The molecule has 194 valence electrons. The molecule has 0 bridgehead atoms. The molecular formula is C35H40BNO. The van der Waals surface area contributed by atoms with Crippen molar-refractivity contribution in [2.75, 3.05) is 39.4 Å². The van der Waals surface area contributed by atoms with Gasteiger partial charge in [-0.2, -0.15) is 21.9 Å². The summed E-state index contributed by atoms with van der Waals surface area (Å²) in [6.45, 7) is 11.6. The first-order valence-electron chi connectivity index (χ1n) is 14.1. The van der Waals surface area contributed by atoms with Gasteiger partial charge >= 0.3 is 0 Å². The lowest BCUT2D eigenvalue weighted by atomic mass is 9.13. The van der Waals surface area contributed by atoms with Crippen molar-refractivity contribution in [2.45, 2.75) is 20.3 Å². The average molecular weight is 502 g/mol. The molecule has 0 aliphatic carbocycles. The van der Waals surface area contributed by atoms with E-state index < -0.39 is 6.15 Å². The first-order valence-corrected chi connectivity index (χ1v) is 14.1. The predicted octanol–water partition coefficient (Wildman–Crippen LogP) is 4.64. The Morgan fingerprint density at radius 1 is 0.500 bits per heavy atom. The molecule has 2 aliphatic rings. The van der Waals surface area contributed by atoms with Crippen LogP contribution in [0.2, 0.25) is 0 Å². The molecule has 0 amide bonds. The highest BCUT2D eigenvalue weighted by atomic mass is 16.5. The molecule has 1 saturated heterocycles. The van der Waals surface area contributed by atoms with E-state index in [0.29, 0.717) is 0 Å². The van der Waals surface area contributed by atoms with Crippen LogP contribution in [0.3, 0.4) is 0 Å². The molecule has 6 rings (SSSR count). The minimum absolute atomic E-state index is 0.965. The van der Waals surface area contributed by atoms with Crippen molar-refractivity contribution in [3.8, 4) is 0 Å². The normalized spacial score (nSPS) is 17.0. The summed E-state index contributed by atoms with van der Waals surface area (Å²) in [6.07, 6.45) is 0.0819. The predicted molar refractivity (Wildman–Crippen MR) is 164 cm³/mol. The molecular weight excluding hydrogens is 461 g/mol. The van der Waals surface area contributed by atoms with Gasteiger partial charge in [0.05, 0.1) is 19.8 Å². The Bertz CT molecular complexity index is 1150. The summed E-state index contributed by atoms with van der Waals surface area (Å²) in [6, 6.07) is 43.5. The van der Waals surface area contributed by atoms with Gasteiger partial charge in [0.15, 0.2) is 0 Å². The molecule has 2 nitrogen and oxygen atoms in total. The minimum atomic E-state index is -1.22. The van der Waals surface area contributed by atoms with Crippen molar-refractivity contribution in [3.05, 3.63) is 132 Å². The van der Waals surface area contributed by atoms with Crippen molar-refractivity contribution in [3.63, 3.8) is 0 Å². The molecule has 4 aromatic rings. The molecule has 4 aromatic carbocycles. The van der Waals surface area contributed by atoms with Gasteiger partial charge in [-0.15, -0.1) is 0 Å². The maximum Gasteiger partial charge on any atom is 0.108 e. The zero-order valence-electron chi connectivity index (χ0n) is 22.9. The Hall–Kier alpha value is -3.40. The van der Waals surface area contributed by atoms with Crippen LogP contribution in [0, 0.1) is 0 Å². The highest BCUT2D eigenvalue weighted by Crippen LogP contribution is 2.24. The van der Waals surface area contributed by atoms with E-state index in [9.17, 15) is 0 Å². The van der Waals surface area contributed by atoms with Crippen LogP contribution in [0.25, 0.3) is 0 Å². The lowest BCUT2D eigenvalue weighted by molar-refractivity contribution is -0.932. The molecule has 1 spiro atoms. The first-order chi connectivity index (χ1) is 18.6. The lowest BCUT2D eigenvalue weighted by Gasteiger charge is -2.44. The highest BCUT2D eigenvalue weighted by molar-refractivity contribution is 7.19. The van der Waals surface area contributed by atoms with Gasteiger partial charge in [-0.1, -0.05) is 127 Å². The molecule has 0 atom stereocenters. The Balaban J connectivity index is 0.000000190. The monoisotopic (exact) mass is 501 g/mol. The Labute approximate surface area is 229 Å². The van der Waals surface area contributed by atoms with Crippen molar-refractivity contribution in [2.24, 2.45) is 0 Å². The van der Waals surface area contributed by atoms with Crippen LogP contribution in [0.15, 0.2) is 132 Å². The Morgan fingerprint density at radius 3 is 1.21 bits per heavy atom. The van der Waals surface area contributed by atoms with Crippen LogP contribution in [-0.2, 0) is 4.74 Å². The lowest BCUT2D eigenvalue weighted by Crippen LogP contribution is -2.74. The summed E-state index contributed by atoms with van der Waals surface area (Å²) in [5, 5.41) is 0. The summed E-state index contributed by atoms with van der Waals surface area (Å²) >= 11 is 0. The van der Waals surface area contributed by atoms with Crippen LogP contribution in [0.1, 0.15) is 20.3 Å². The van der Waals surface area contributed by atoms with E-state index in [1.165, 1.54) is 58.9 Å². The van der Waals surface area contributed by atoms with E-state index in [4.69, 9.17) is 4.74 Å². The van der Waals surface area contributed by atoms with Gasteiger partial charge in [-0.05, 0) is 19.4 Å². The maximum absolute atomic E-state index is 5.43. The molecule has 0 unspecified atom stereocenters. The summed E-state index contributed by atoms with van der Waals surface area (Å²) in [7, 11) is 0. The number of rotatable bonds is 4. The summed E-state index contributed by atoms with van der Waals surface area (Å²) in [5.41, 5.74) is 8.60. The Morgan fingerprint density at radius 2 is 0.868 bits per heavy atom. The van der Waals surface area contributed by atoms with Crippen LogP contribution in [0.4, 0.5) is 0 Å². The van der Waals surface area contributed by atoms with Crippen molar-refractivity contribution in [1.29, 1.82) is 0 Å². The second-order valence-corrected chi connectivity index (χ2v) is 11.1. The smallest absolute Gasteiger partial charge is 0.108 e. The number of benzene rings is 4. The molecule has 0 aromatic heterocycles. The first kappa shape index (κ1) is 26.2. The average Bonchev–Trinajstić information content (AvgIpc) is 2.99. The van der Waals surface area contributed by atoms with E-state index in [1.54, 1.807) is 11.1 Å². The largest absolute Gasteiger partial charge is 0.370 e. The van der Waals surface area contributed by atoms with E-state index >= 15 is 0 Å². The third kappa shape index (κ3) is 5.41. The fourth-order valence-electron chi connectivity index (χ4n) is 6.57. The number of morpholine rings is 1. The third-order valence-electron chi connectivity index (χ3n) is 8.88. The quantitative estimate of drug-likeness (QED) is 0.225. The SMILES string of the molecule is CC1=C(C)C[N+]2(CCOCC2)CC1.c1ccc([B-](c2ccccc2)(c2ccccc2)c2ccccc2)cc1. The van der Waals surface area contributed by atoms with Gasteiger partial charge in [0.1, 0.15) is 25.8 Å². The van der Waals surface area contributed by atoms with Gasteiger partial charge in [-0.3, -0.25) is 0 Å². The maximum atomic E-state index is 5.43. The molecule has 0 N–H and O–H groups in total. The number of hydrogen-bond acceptors (Lipinski definition) is 1. The van der Waals surface area contributed by atoms with Crippen molar-refractivity contribution < 1.29 is 9.22 Å². The minimum Gasteiger partial charge on any atom is -0.370 e. The fraction of sp³-hybridized carbons (Fsp3) is 0.257. The van der Waals surface area contributed by atoms with Crippen LogP contribution in [0.5, 0.6) is 0 Å². The van der Waals surface area contributed by atoms with Crippen LogP contribution >= 0.6 is 0 Å². The molecule has 2 aliphatic heterocycles. The highest BCUT2D eigenvalue weighted by Gasteiger charge is 2.33. The van der Waals surface area contributed by atoms with E-state index in [0.717, 1.165) is 13.2 Å². The van der Waals surface area contributed by atoms with Gasteiger partial charge in [0.25, 0.3) is 0 Å².